The molecule has 1 aromatic rings. The summed E-state index contributed by atoms with van der Waals surface area (Å²) in [6.07, 6.45) is 0.485. The molecule has 0 aliphatic heterocycles. The van der Waals surface area contributed by atoms with Crippen molar-refractivity contribution in [2.45, 2.75) is 31.9 Å². The fourth-order valence-electron chi connectivity index (χ4n) is 2.86. The van der Waals surface area contributed by atoms with E-state index in [4.69, 9.17) is 5.26 Å². The molecule has 0 unspecified atom stereocenters. The first-order valence-electron chi connectivity index (χ1n) is 6.80. The maximum absolute atomic E-state index is 12.7. The van der Waals surface area contributed by atoms with Crippen LogP contribution >= 0.6 is 0 Å². The molecule has 5 heteroatoms. The Hall–Kier alpha value is -1.70. The van der Waals surface area contributed by atoms with Crippen LogP contribution in [0.1, 0.15) is 36.8 Å². The molecule has 0 radical (unpaired) electrons. The number of halogens is 3. The van der Waals surface area contributed by atoms with Crippen molar-refractivity contribution in [1.29, 1.82) is 5.26 Å². The number of alkyl halides is 3. The van der Waals surface area contributed by atoms with Crippen LogP contribution in [0.4, 0.5) is 18.9 Å². The number of rotatable bonds is 4. The zero-order valence-corrected chi connectivity index (χ0v) is 10.9. The van der Waals surface area contributed by atoms with Crippen LogP contribution in [0.3, 0.4) is 0 Å². The molecule has 1 aromatic carbocycles. The topological polar surface area (TPSA) is 35.8 Å². The Labute approximate surface area is 115 Å². The zero-order chi connectivity index (χ0) is 14.4. The van der Waals surface area contributed by atoms with Crippen LogP contribution in [-0.4, -0.2) is 6.54 Å². The van der Waals surface area contributed by atoms with E-state index < -0.39 is 11.7 Å². The highest BCUT2D eigenvalue weighted by Gasteiger charge is 2.53. The summed E-state index contributed by atoms with van der Waals surface area (Å²) in [7, 11) is 0. The average molecular weight is 280 g/mol. The zero-order valence-electron chi connectivity index (χ0n) is 10.9. The molecule has 1 N–H and O–H groups in total. The number of nitriles is 1. The number of hydrogen-bond donors (Lipinski definition) is 1. The third kappa shape index (κ3) is 2.47. The molecule has 0 aromatic heterocycles. The van der Waals surface area contributed by atoms with Gasteiger partial charge in [0.15, 0.2) is 0 Å². The predicted octanol–water partition coefficient (Wildman–Crippen LogP) is 4.18. The number of anilines is 1. The molecular formula is C15H15F3N2. The van der Waals surface area contributed by atoms with Gasteiger partial charge in [0, 0.05) is 12.2 Å². The quantitative estimate of drug-likeness (QED) is 0.898. The lowest BCUT2D eigenvalue weighted by Crippen LogP contribution is -2.17. The van der Waals surface area contributed by atoms with Gasteiger partial charge in [-0.3, -0.25) is 0 Å². The summed E-state index contributed by atoms with van der Waals surface area (Å²) in [5.41, 5.74) is -0.218. The fraction of sp³-hybridized carbons (Fsp3) is 0.533. The van der Waals surface area contributed by atoms with Crippen LogP contribution in [0, 0.1) is 22.7 Å². The molecule has 2 aliphatic rings. The lowest BCUT2D eigenvalue weighted by Gasteiger charge is -2.17. The highest BCUT2D eigenvalue weighted by molar-refractivity contribution is 5.54. The number of nitrogens with one attached hydrogen (secondary N) is 1. The van der Waals surface area contributed by atoms with E-state index in [2.05, 4.69) is 5.32 Å². The smallest absolute Gasteiger partial charge is 0.384 e. The molecule has 3 rings (SSSR count). The second-order valence-electron chi connectivity index (χ2n) is 5.86. The van der Waals surface area contributed by atoms with Crippen molar-refractivity contribution in [1.82, 2.24) is 0 Å². The summed E-state index contributed by atoms with van der Waals surface area (Å²) in [5, 5.41) is 12.1. The third-order valence-corrected chi connectivity index (χ3v) is 4.43. The molecule has 20 heavy (non-hydrogen) atoms. The van der Waals surface area contributed by atoms with Gasteiger partial charge in [0.2, 0.25) is 0 Å². The molecular weight excluding hydrogens is 265 g/mol. The van der Waals surface area contributed by atoms with Crippen molar-refractivity contribution in [3.63, 3.8) is 0 Å². The standard InChI is InChI=1S/C15H15F3N2/c16-15(17,18)13-4-3-12(7-10(13)8-19)20-9-14(5-6-14)11-1-2-11/h3-4,7,11,20H,1-2,5-6,9H2. The van der Waals surface area contributed by atoms with Gasteiger partial charge in [-0.15, -0.1) is 0 Å². The highest BCUT2D eigenvalue weighted by atomic mass is 19.4. The molecule has 2 saturated carbocycles. The van der Waals surface area contributed by atoms with Crippen LogP contribution in [0.5, 0.6) is 0 Å². The summed E-state index contributed by atoms with van der Waals surface area (Å²) in [4.78, 5) is 0. The maximum Gasteiger partial charge on any atom is 0.417 e. The van der Waals surface area contributed by atoms with Gasteiger partial charge in [-0.1, -0.05) is 0 Å². The van der Waals surface area contributed by atoms with Crippen molar-refractivity contribution < 1.29 is 13.2 Å². The highest BCUT2D eigenvalue weighted by Crippen LogP contribution is 2.61. The van der Waals surface area contributed by atoms with E-state index in [9.17, 15) is 13.2 Å². The van der Waals surface area contributed by atoms with E-state index in [-0.39, 0.29) is 5.56 Å². The van der Waals surface area contributed by atoms with Crippen LogP contribution < -0.4 is 5.32 Å². The first-order valence-corrected chi connectivity index (χ1v) is 6.80. The minimum absolute atomic E-state index is 0.321. The van der Waals surface area contributed by atoms with E-state index in [1.807, 2.05) is 0 Å². The van der Waals surface area contributed by atoms with Crippen LogP contribution in [0.15, 0.2) is 18.2 Å². The minimum atomic E-state index is -4.48. The van der Waals surface area contributed by atoms with Crippen molar-refractivity contribution in [3.8, 4) is 6.07 Å². The third-order valence-electron chi connectivity index (χ3n) is 4.43. The molecule has 0 spiro atoms. The second kappa shape index (κ2) is 4.41. The molecule has 0 amide bonds. The second-order valence-corrected chi connectivity index (χ2v) is 5.86. The minimum Gasteiger partial charge on any atom is -0.384 e. The Bertz CT molecular complexity index is 563. The van der Waals surface area contributed by atoms with Crippen molar-refractivity contribution >= 4 is 5.69 Å². The normalized spacial score (nSPS) is 20.3. The molecule has 0 saturated heterocycles. The van der Waals surface area contributed by atoms with Gasteiger partial charge >= 0.3 is 6.18 Å². The Kier molecular flexibility index (Phi) is 2.93. The van der Waals surface area contributed by atoms with E-state index in [0.29, 0.717) is 11.1 Å². The molecule has 0 atom stereocenters. The van der Waals surface area contributed by atoms with Crippen LogP contribution in [0.2, 0.25) is 0 Å². The molecule has 0 heterocycles. The summed E-state index contributed by atoms with van der Waals surface area (Å²) in [5.74, 6) is 0.792. The van der Waals surface area contributed by atoms with Gasteiger partial charge in [0.1, 0.15) is 0 Å². The SMILES string of the molecule is N#Cc1cc(NCC2(C3CC3)CC2)ccc1C(F)(F)F. The van der Waals surface area contributed by atoms with E-state index in [1.165, 1.54) is 37.8 Å². The van der Waals surface area contributed by atoms with Gasteiger partial charge in [-0.2, -0.15) is 18.4 Å². The van der Waals surface area contributed by atoms with E-state index in [0.717, 1.165) is 18.5 Å². The van der Waals surface area contributed by atoms with Gasteiger partial charge < -0.3 is 5.32 Å². The van der Waals surface area contributed by atoms with Gasteiger partial charge in [0.25, 0.3) is 0 Å². The largest absolute Gasteiger partial charge is 0.417 e. The molecule has 2 fully saturated rings. The van der Waals surface area contributed by atoms with E-state index >= 15 is 0 Å². The van der Waals surface area contributed by atoms with Crippen molar-refractivity contribution in [2.24, 2.45) is 11.3 Å². The molecule has 0 bridgehead atoms. The fourth-order valence-corrected chi connectivity index (χ4v) is 2.86. The van der Waals surface area contributed by atoms with Crippen molar-refractivity contribution in [3.05, 3.63) is 29.3 Å². The molecule has 2 aliphatic carbocycles. The Morgan fingerprint density at radius 2 is 2.00 bits per heavy atom. The Balaban J connectivity index is 1.73. The summed E-state index contributed by atoms with van der Waals surface area (Å²) < 4.78 is 38.1. The monoisotopic (exact) mass is 280 g/mol. The first-order chi connectivity index (χ1) is 9.44. The summed E-state index contributed by atoms with van der Waals surface area (Å²) in [6, 6.07) is 5.32. The summed E-state index contributed by atoms with van der Waals surface area (Å²) >= 11 is 0. The molecule has 2 nitrogen and oxygen atoms in total. The average Bonchev–Trinajstić information content (AvgIpc) is 3.26. The van der Waals surface area contributed by atoms with Gasteiger partial charge in [-0.05, 0) is 55.2 Å². The summed E-state index contributed by atoms with van der Waals surface area (Å²) in [6.45, 7) is 0.800. The van der Waals surface area contributed by atoms with Crippen LogP contribution in [0.25, 0.3) is 0 Å². The first kappa shape index (κ1) is 13.3. The van der Waals surface area contributed by atoms with Gasteiger partial charge in [0.05, 0.1) is 17.2 Å². The van der Waals surface area contributed by atoms with Gasteiger partial charge in [-0.25, -0.2) is 0 Å². The Morgan fingerprint density at radius 1 is 1.30 bits per heavy atom. The number of benzene rings is 1. The lowest BCUT2D eigenvalue weighted by atomic mass is 10.0. The predicted molar refractivity (Wildman–Crippen MR) is 69.0 cm³/mol. The van der Waals surface area contributed by atoms with E-state index in [1.54, 1.807) is 6.07 Å². The Morgan fingerprint density at radius 3 is 2.50 bits per heavy atom. The van der Waals surface area contributed by atoms with Crippen molar-refractivity contribution in [2.75, 3.05) is 11.9 Å². The number of hydrogen-bond acceptors (Lipinski definition) is 2. The maximum atomic E-state index is 12.7. The van der Waals surface area contributed by atoms with Crippen LogP contribution in [-0.2, 0) is 6.18 Å². The molecule has 106 valence electrons. The lowest BCUT2D eigenvalue weighted by molar-refractivity contribution is -0.137. The number of nitrogens with zero attached hydrogens (tertiary/aromatic N) is 1.